The Morgan fingerprint density at radius 2 is 1.96 bits per heavy atom. The van der Waals surface area contributed by atoms with Gasteiger partial charge in [-0.25, -0.2) is 0 Å². The van der Waals surface area contributed by atoms with Gasteiger partial charge in [-0.05, 0) is 25.3 Å². The smallest absolute Gasteiger partial charge is 0.238 e. The fourth-order valence-electron chi connectivity index (χ4n) is 2.57. The lowest BCUT2D eigenvalue weighted by Gasteiger charge is -2.35. The second kappa shape index (κ2) is 9.23. The van der Waals surface area contributed by atoms with Crippen molar-refractivity contribution >= 4 is 23.5 Å². The predicted molar refractivity (Wildman–Crippen MR) is 108 cm³/mol. The first-order valence-electron chi connectivity index (χ1n) is 8.33. The van der Waals surface area contributed by atoms with Crippen LogP contribution in [0.15, 0.2) is 83.4 Å². The lowest BCUT2D eigenvalue weighted by Crippen LogP contribution is -2.46. The Kier molecular flexibility index (Phi) is 7.02. The first kappa shape index (κ1) is 19.0. The average molecular weight is 353 g/mol. The Labute approximate surface area is 154 Å². The Hall–Kier alpha value is -2.33. The van der Waals surface area contributed by atoms with Gasteiger partial charge in [0.25, 0.3) is 0 Å². The Morgan fingerprint density at radius 3 is 2.56 bits per heavy atom. The number of aliphatic imine (C=N–C) groups is 1. The number of nitrogens with zero attached hydrogens (tertiary/aromatic N) is 2. The molecule has 3 nitrogen and oxygen atoms in total. The molecule has 1 aliphatic heterocycles. The predicted octanol–water partition coefficient (Wildman–Crippen LogP) is 5.15. The summed E-state index contributed by atoms with van der Waals surface area (Å²) >= 11 is 1.49. The monoisotopic (exact) mass is 352 g/mol. The van der Waals surface area contributed by atoms with Gasteiger partial charge in [-0.2, -0.15) is 0 Å². The van der Waals surface area contributed by atoms with Crippen molar-refractivity contribution in [2.24, 2.45) is 10.9 Å². The number of allylic oxidation sites excluding steroid dienone is 5. The molecule has 4 heteroatoms. The SMILES string of the molecule is C=CSC1N=C(c2ccccc2)N(C(/C=C\C=C/C)=C/C)C(=O)C1C. The van der Waals surface area contributed by atoms with Crippen molar-refractivity contribution in [2.45, 2.75) is 26.1 Å². The fraction of sp³-hybridized carbons (Fsp3) is 0.238. The number of carbonyl (C=O) groups excluding carboxylic acids is 1. The summed E-state index contributed by atoms with van der Waals surface area (Å²) in [5.74, 6) is 0.508. The first-order valence-corrected chi connectivity index (χ1v) is 9.27. The van der Waals surface area contributed by atoms with Crippen molar-refractivity contribution < 1.29 is 4.79 Å². The normalized spacial score (nSPS) is 21.9. The molecular weight excluding hydrogens is 328 g/mol. The van der Waals surface area contributed by atoms with Crippen LogP contribution >= 0.6 is 11.8 Å². The maximum atomic E-state index is 13.1. The molecular formula is C21H24N2OS. The summed E-state index contributed by atoms with van der Waals surface area (Å²) in [6.45, 7) is 9.58. The van der Waals surface area contributed by atoms with Crippen LogP contribution in [0.5, 0.6) is 0 Å². The van der Waals surface area contributed by atoms with Gasteiger partial charge >= 0.3 is 0 Å². The Bertz CT molecular complexity index is 732. The van der Waals surface area contributed by atoms with Gasteiger partial charge in [0, 0.05) is 11.3 Å². The first-order chi connectivity index (χ1) is 12.1. The number of carbonyl (C=O) groups is 1. The highest BCUT2D eigenvalue weighted by Gasteiger charge is 2.37. The molecule has 1 aromatic carbocycles. The van der Waals surface area contributed by atoms with Gasteiger partial charge in [0.05, 0.1) is 5.92 Å². The quantitative estimate of drug-likeness (QED) is 0.663. The zero-order valence-corrected chi connectivity index (χ0v) is 15.7. The summed E-state index contributed by atoms with van der Waals surface area (Å²) in [4.78, 5) is 19.7. The van der Waals surface area contributed by atoms with E-state index in [-0.39, 0.29) is 17.2 Å². The summed E-state index contributed by atoms with van der Waals surface area (Å²) in [5.41, 5.74) is 1.75. The van der Waals surface area contributed by atoms with Crippen LogP contribution in [0.25, 0.3) is 0 Å². The summed E-state index contributed by atoms with van der Waals surface area (Å²) in [7, 11) is 0. The van der Waals surface area contributed by atoms with E-state index in [1.165, 1.54) is 11.8 Å². The molecule has 0 aromatic heterocycles. The maximum Gasteiger partial charge on any atom is 0.238 e. The maximum absolute atomic E-state index is 13.1. The van der Waals surface area contributed by atoms with E-state index in [9.17, 15) is 4.79 Å². The molecule has 25 heavy (non-hydrogen) atoms. The second-order valence-electron chi connectivity index (χ2n) is 5.57. The molecule has 1 amide bonds. The number of rotatable bonds is 6. The molecule has 2 atom stereocenters. The fourth-order valence-corrected chi connectivity index (χ4v) is 3.28. The highest BCUT2D eigenvalue weighted by molar-refractivity contribution is 8.02. The van der Waals surface area contributed by atoms with Crippen molar-refractivity contribution in [2.75, 3.05) is 0 Å². The van der Waals surface area contributed by atoms with Crippen LogP contribution in [-0.2, 0) is 4.79 Å². The Morgan fingerprint density at radius 1 is 1.24 bits per heavy atom. The number of hydrogen-bond acceptors (Lipinski definition) is 3. The van der Waals surface area contributed by atoms with Gasteiger partial charge in [0.2, 0.25) is 5.91 Å². The minimum atomic E-state index is -0.222. The lowest BCUT2D eigenvalue weighted by molar-refractivity contribution is -0.130. The summed E-state index contributed by atoms with van der Waals surface area (Å²) in [6.07, 6.45) is 9.69. The van der Waals surface area contributed by atoms with Crippen LogP contribution in [0.4, 0.5) is 0 Å². The van der Waals surface area contributed by atoms with Gasteiger partial charge in [-0.1, -0.05) is 68.1 Å². The van der Waals surface area contributed by atoms with Crippen LogP contribution in [0.1, 0.15) is 26.3 Å². The van der Waals surface area contributed by atoms with Gasteiger partial charge in [-0.15, -0.1) is 11.8 Å². The summed E-state index contributed by atoms with van der Waals surface area (Å²) in [5, 5.41) is 1.59. The molecule has 0 aliphatic carbocycles. The third-order valence-corrected chi connectivity index (χ3v) is 4.88. The number of amidine groups is 1. The van der Waals surface area contributed by atoms with Crippen LogP contribution in [-0.4, -0.2) is 22.0 Å². The third kappa shape index (κ3) is 4.40. The Balaban J connectivity index is 2.55. The molecule has 2 unspecified atom stereocenters. The summed E-state index contributed by atoms with van der Waals surface area (Å²) in [6, 6.07) is 9.83. The number of amides is 1. The van der Waals surface area contributed by atoms with Gasteiger partial charge in [0.15, 0.2) is 0 Å². The van der Waals surface area contributed by atoms with E-state index in [0.29, 0.717) is 5.84 Å². The molecule has 0 bridgehead atoms. The zero-order chi connectivity index (χ0) is 18.2. The van der Waals surface area contributed by atoms with E-state index in [2.05, 4.69) is 6.58 Å². The third-order valence-electron chi connectivity index (χ3n) is 3.89. The number of benzene rings is 1. The number of hydrogen-bond donors (Lipinski definition) is 0. The molecule has 1 aromatic rings. The van der Waals surface area contributed by atoms with Crippen LogP contribution in [0.2, 0.25) is 0 Å². The van der Waals surface area contributed by atoms with Crippen LogP contribution < -0.4 is 0 Å². The van der Waals surface area contributed by atoms with Crippen LogP contribution in [0.3, 0.4) is 0 Å². The summed E-state index contributed by atoms with van der Waals surface area (Å²) < 4.78 is 0. The van der Waals surface area contributed by atoms with E-state index in [1.807, 2.05) is 81.5 Å². The standard InChI is InChI=1S/C21H24N2OS/c1-5-8-10-15-18(6-2)23-19(17-13-11-9-12-14-17)22-20(25-7-3)16(4)21(23)24/h5-16,20H,3H2,1-2,4H3/b8-5-,15-10-,18-6+. The molecule has 0 N–H and O–H groups in total. The van der Waals surface area contributed by atoms with Gasteiger partial charge < -0.3 is 0 Å². The highest BCUT2D eigenvalue weighted by atomic mass is 32.2. The minimum Gasteiger partial charge on any atom is -0.274 e. The van der Waals surface area contributed by atoms with E-state index >= 15 is 0 Å². The van der Waals surface area contributed by atoms with Crippen molar-refractivity contribution in [3.63, 3.8) is 0 Å². The molecule has 0 spiro atoms. The molecule has 1 heterocycles. The van der Waals surface area contributed by atoms with Crippen molar-refractivity contribution in [1.29, 1.82) is 0 Å². The largest absolute Gasteiger partial charge is 0.274 e. The minimum absolute atomic E-state index is 0.0476. The molecule has 1 aliphatic rings. The topological polar surface area (TPSA) is 32.7 Å². The van der Waals surface area contributed by atoms with E-state index in [1.54, 1.807) is 10.3 Å². The average Bonchev–Trinajstić information content (AvgIpc) is 2.64. The number of thioether (sulfide) groups is 1. The lowest BCUT2D eigenvalue weighted by atomic mass is 10.0. The molecule has 130 valence electrons. The van der Waals surface area contributed by atoms with Crippen molar-refractivity contribution in [1.82, 2.24) is 4.90 Å². The van der Waals surface area contributed by atoms with E-state index in [0.717, 1.165) is 11.3 Å². The van der Waals surface area contributed by atoms with Crippen molar-refractivity contribution in [3.05, 3.63) is 84.0 Å². The van der Waals surface area contributed by atoms with Crippen LogP contribution in [0, 0.1) is 5.92 Å². The molecule has 0 saturated carbocycles. The molecule has 0 fully saturated rings. The van der Waals surface area contributed by atoms with Gasteiger partial charge in [-0.3, -0.25) is 14.7 Å². The molecule has 2 rings (SSSR count). The van der Waals surface area contributed by atoms with Crippen molar-refractivity contribution in [3.8, 4) is 0 Å². The van der Waals surface area contributed by atoms with E-state index in [4.69, 9.17) is 4.99 Å². The van der Waals surface area contributed by atoms with E-state index < -0.39 is 0 Å². The zero-order valence-electron chi connectivity index (χ0n) is 14.9. The second-order valence-corrected chi connectivity index (χ2v) is 6.66. The van der Waals surface area contributed by atoms with Gasteiger partial charge in [0.1, 0.15) is 11.2 Å². The molecule has 0 saturated heterocycles. The highest BCUT2D eigenvalue weighted by Crippen LogP contribution is 2.31. The molecule has 0 radical (unpaired) electrons.